The van der Waals surface area contributed by atoms with E-state index in [9.17, 15) is 9.59 Å². The predicted molar refractivity (Wildman–Crippen MR) is 109 cm³/mol. The second-order valence-electron chi connectivity index (χ2n) is 5.46. The number of anilines is 1. The summed E-state index contributed by atoms with van der Waals surface area (Å²) < 4.78 is 5.07. The van der Waals surface area contributed by atoms with Gasteiger partial charge in [-0.3, -0.25) is 4.79 Å². The third-order valence-electron chi connectivity index (χ3n) is 3.58. The lowest BCUT2D eigenvalue weighted by molar-refractivity contribution is -0.113. The summed E-state index contributed by atoms with van der Waals surface area (Å²) in [5.74, 6) is -0.419. The second kappa shape index (κ2) is 8.69. The summed E-state index contributed by atoms with van der Waals surface area (Å²) >= 11 is 8.69. The third-order valence-corrected chi connectivity index (χ3v) is 5.86. The zero-order valence-electron chi connectivity index (χ0n) is 14.6. The van der Waals surface area contributed by atoms with Gasteiger partial charge in [0.1, 0.15) is 14.9 Å². The van der Waals surface area contributed by atoms with Gasteiger partial charge in [0, 0.05) is 5.69 Å². The number of esters is 1. The normalized spacial score (nSPS) is 10.8. The number of carbonyl (C=O) groups is 2. The SMILES string of the molecule is CCOC(=O)c1sc2nc(SCC(=O)Nc3ccccc3)nc(Cl)c2c1C. The number of nitrogens with one attached hydrogen (secondary N) is 1. The third kappa shape index (κ3) is 4.58. The van der Waals surface area contributed by atoms with Gasteiger partial charge < -0.3 is 10.1 Å². The first-order valence-corrected chi connectivity index (χ1v) is 10.3. The average molecular weight is 422 g/mol. The van der Waals surface area contributed by atoms with E-state index < -0.39 is 5.97 Å². The summed E-state index contributed by atoms with van der Waals surface area (Å²) in [7, 11) is 0. The van der Waals surface area contributed by atoms with Crippen molar-refractivity contribution in [2.45, 2.75) is 19.0 Å². The Hall–Kier alpha value is -2.16. The standard InChI is InChI=1S/C18H16ClN3O3S2/c1-3-25-17(24)14-10(2)13-15(19)21-18(22-16(13)27-14)26-9-12(23)20-11-7-5-4-6-8-11/h4-8H,3,9H2,1-2H3,(H,20,23). The van der Waals surface area contributed by atoms with Gasteiger partial charge in [0.15, 0.2) is 5.16 Å². The van der Waals surface area contributed by atoms with Gasteiger partial charge in [0.2, 0.25) is 5.91 Å². The quantitative estimate of drug-likeness (QED) is 0.272. The van der Waals surface area contributed by atoms with E-state index in [1.165, 1.54) is 23.1 Å². The van der Waals surface area contributed by atoms with Crippen LogP contribution in [0.4, 0.5) is 5.69 Å². The van der Waals surface area contributed by atoms with Crippen molar-refractivity contribution < 1.29 is 14.3 Å². The fraction of sp³-hybridized carbons (Fsp3) is 0.222. The number of rotatable bonds is 6. The van der Waals surface area contributed by atoms with Crippen LogP contribution in [0.5, 0.6) is 0 Å². The summed E-state index contributed by atoms with van der Waals surface area (Å²) in [6.45, 7) is 3.84. The minimum absolute atomic E-state index is 0.145. The van der Waals surface area contributed by atoms with E-state index in [0.717, 1.165) is 5.69 Å². The number of ether oxygens (including phenoxy) is 1. The van der Waals surface area contributed by atoms with Crippen LogP contribution < -0.4 is 5.32 Å². The molecule has 140 valence electrons. The Morgan fingerprint density at radius 1 is 1.26 bits per heavy atom. The van der Waals surface area contributed by atoms with Gasteiger partial charge in [-0.2, -0.15) is 0 Å². The summed E-state index contributed by atoms with van der Waals surface area (Å²) in [5.41, 5.74) is 1.43. The van der Waals surface area contributed by atoms with Crippen LogP contribution in [0.3, 0.4) is 0 Å². The first kappa shape index (κ1) is 19.6. The van der Waals surface area contributed by atoms with Crippen LogP contribution in [0.15, 0.2) is 35.5 Å². The Balaban J connectivity index is 1.76. The number of fused-ring (bicyclic) bond motifs is 1. The van der Waals surface area contributed by atoms with Crippen LogP contribution in [-0.2, 0) is 9.53 Å². The number of para-hydroxylation sites is 1. The van der Waals surface area contributed by atoms with Gasteiger partial charge in [-0.1, -0.05) is 41.6 Å². The number of carbonyl (C=O) groups excluding carboxylic acids is 2. The van der Waals surface area contributed by atoms with E-state index in [2.05, 4.69) is 15.3 Å². The van der Waals surface area contributed by atoms with Crippen molar-refractivity contribution >= 4 is 62.5 Å². The molecule has 2 heterocycles. The highest BCUT2D eigenvalue weighted by atomic mass is 35.5. The molecular formula is C18H16ClN3O3S2. The molecule has 0 spiro atoms. The van der Waals surface area contributed by atoms with Gasteiger partial charge in [-0.05, 0) is 31.5 Å². The lowest BCUT2D eigenvalue weighted by Crippen LogP contribution is -2.14. The minimum Gasteiger partial charge on any atom is -0.462 e. The van der Waals surface area contributed by atoms with Gasteiger partial charge in [-0.15, -0.1) is 11.3 Å². The molecule has 0 aliphatic carbocycles. The molecule has 0 bridgehead atoms. The molecular weight excluding hydrogens is 406 g/mol. The highest BCUT2D eigenvalue weighted by Crippen LogP contribution is 2.35. The fourth-order valence-corrected chi connectivity index (χ4v) is 4.57. The molecule has 27 heavy (non-hydrogen) atoms. The molecule has 2 aromatic heterocycles. The first-order chi connectivity index (χ1) is 13.0. The van der Waals surface area contributed by atoms with E-state index in [4.69, 9.17) is 16.3 Å². The van der Waals surface area contributed by atoms with Gasteiger partial charge >= 0.3 is 5.97 Å². The summed E-state index contributed by atoms with van der Waals surface area (Å²) in [6, 6.07) is 9.20. The number of thiophene rings is 1. The van der Waals surface area contributed by atoms with E-state index in [0.29, 0.717) is 32.4 Å². The van der Waals surface area contributed by atoms with Crippen LogP contribution in [-0.4, -0.2) is 34.2 Å². The Bertz CT molecular complexity index is 992. The smallest absolute Gasteiger partial charge is 0.348 e. The zero-order chi connectivity index (χ0) is 19.4. The van der Waals surface area contributed by atoms with E-state index >= 15 is 0 Å². The molecule has 0 aliphatic heterocycles. The van der Waals surface area contributed by atoms with Crippen molar-refractivity contribution in [1.29, 1.82) is 0 Å². The number of hydrogen-bond acceptors (Lipinski definition) is 7. The second-order valence-corrected chi connectivity index (χ2v) is 7.76. The number of aryl methyl sites for hydroxylation is 1. The number of hydrogen-bond donors (Lipinski definition) is 1. The Morgan fingerprint density at radius 3 is 2.70 bits per heavy atom. The van der Waals surface area contributed by atoms with Gasteiger partial charge in [0.25, 0.3) is 0 Å². The van der Waals surface area contributed by atoms with Crippen molar-refractivity contribution in [2.24, 2.45) is 0 Å². The molecule has 0 atom stereocenters. The first-order valence-electron chi connectivity index (χ1n) is 8.11. The van der Waals surface area contributed by atoms with Crippen LogP contribution in [0.25, 0.3) is 10.2 Å². The Morgan fingerprint density at radius 2 is 2.00 bits per heavy atom. The van der Waals surface area contributed by atoms with Crippen LogP contribution >= 0.6 is 34.7 Å². The maximum absolute atomic E-state index is 12.1. The number of halogens is 1. The van der Waals surface area contributed by atoms with Gasteiger partial charge in [-0.25, -0.2) is 14.8 Å². The monoisotopic (exact) mass is 421 g/mol. The predicted octanol–water partition coefficient (Wildman–Crippen LogP) is 4.56. The summed E-state index contributed by atoms with van der Waals surface area (Å²) in [6.07, 6.45) is 0. The van der Waals surface area contributed by atoms with Crippen molar-refractivity contribution in [2.75, 3.05) is 17.7 Å². The molecule has 0 unspecified atom stereocenters. The summed E-state index contributed by atoms with van der Waals surface area (Å²) in [5, 5.41) is 4.08. The molecule has 9 heteroatoms. The van der Waals surface area contributed by atoms with Crippen molar-refractivity contribution in [3.05, 3.63) is 45.9 Å². The molecule has 3 rings (SSSR count). The number of amides is 1. The van der Waals surface area contributed by atoms with Crippen LogP contribution in [0.1, 0.15) is 22.2 Å². The number of thioether (sulfide) groups is 1. The van der Waals surface area contributed by atoms with Crippen LogP contribution in [0.2, 0.25) is 5.15 Å². The number of nitrogens with zero attached hydrogens (tertiary/aromatic N) is 2. The number of aromatic nitrogens is 2. The zero-order valence-corrected chi connectivity index (χ0v) is 17.0. The number of benzene rings is 1. The van der Waals surface area contributed by atoms with E-state index in [1.54, 1.807) is 13.8 Å². The molecule has 1 N–H and O–H groups in total. The molecule has 1 aromatic carbocycles. The van der Waals surface area contributed by atoms with Crippen molar-refractivity contribution in [1.82, 2.24) is 9.97 Å². The Labute approximate surface area is 169 Å². The maximum atomic E-state index is 12.1. The highest BCUT2D eigenvalue weighted by Gasteiger charge is 2.21. The molecule has 3 aromatic rings. The van der Waals surface area contributed by atoms with Crippen molar-refractivity contribution in [3.8, 4) is 0 Å². The molecule has 1 amide bonds. The maximum Gasteiger partial charge on any atom is 0.348 e. The van der Waals surface area contributed by atoms with Gasteiger partial charge in [0.05, 0.1) is 17.7 Å². The lowest BCUT2D eigenvalue weighted by atomic mass is 10.2. The molecule has 6 nitrogen and oxygen atoms in total. The largest absolute Gasteiger partial charge is 0.462 e. The molecule has 0 fully saturated rings. The molecule has 0 saturated heterocycles. The molecule has 0 radical (unpaired) electrons. The topological polar surface area (TPSA) is 81.2 Å². The average Bonchev–Trinajstić information content (AvgIpc) is 2.98. The van der Waals surface area contributed by atoms with Crippen molar-refractivity contribution in [3.63, 3.8) is 0 Å². The van der Waals surface area contributed by atoms with Crippen LogP contribution in [0, 0.1) is 6.92 Å². The van der Waals surface area contributed by atoms with E-state index in [-0.39, 0.29) is 16.8 Å². The summed E-state index contributed by atoms with van der Waals surface area (Å²) in [4.78, 5) is 33.9. The van der Waals surface area contributed by atoms with E-state index in [1.807, 2.05) is 30.3 Å². The minimum atomic E-state index is -0.398. The highest BCUT2D eigenvalue weighted by molar-refractivity contribution is 7.99. The Kier molecular flexibility index (Phi) is 6.30. The molecule has 0 saturated carbocycles. The fourth-order valence-electron chi connectivity index (χ4n) is 2.38. The lowest BCUT2D eigenvalue weighted by Gasteiger charge is -2.05. The molecule has 0 aliphatic rings.